The van der Waals surface area contributed by atoms with E-state index in [4.69, 9.17) is 0 Å². The lowest BCUT2D eigenvalue weighted by Gasteiger charge is -2.16. The van der Waals surface area contributed by atoms with Gasteiger partial charge in [-0.3, -0.25) is 0 Å². The van der Waals surface area contributed by atoms with E-state index in [0.29, 0.717) is 0 Å². The summed E-state index contributed by atoms with van der Waals surface area (Å²) in [5.41, 5.74) is 1.44. The van der Waals surface area contributed by atoms with E-state index < -0.39 is 0 Å². The van der Waals surface area contributed by atoms with Crippen molar-refractivity contribution >= 4 is 11.3 Å². The standard InChI is InChI=1S/C12H16OS/c13-11-4-1-3-10(9-11)6-7-12-5-2-8-14-12/h2,5,8-9,11,13H,1,3-4,6-7H2. The zero-order valence-corrected chi connectivity index (χ0v) is 9.09. The summed E-state index contributed by atoms with van der Waals surface area (Å²) in [6, 6.07) is 4.29. The van der Waals surface area contributed by atoms with E-state index in [1.807, 2.05) is 11.3 Å². The Bertz CT molecular complexity index is 300. The Balaban J connectivity index is 1.86. The molecule has 1 unspecified atom stereocenters. The van der Waals surface area contributed by atoms with Crippen molar-refractivity contribution in [2.45, 2.75) is 38.2 Å². The minimum absolute atomic E-state index is 0.179. The lowest BCUT2D eigenvalue weighted by atomic mass is 9.94. The van der Waals surface area contributed by atoms with Crippen LogP contribution in [-0.2, 0) is 6.42 Å². The lowest BCUT2D eigenvalue weighted by Crippen LogP contribution is -2.09. The van der Waals surface area contributed by atoms with E-state index in [0.717, 1.165) is 25.7 Å². The van der Waals surface area contributed by atoms with Crippen LogP contribution in [0.25, 0.3) is 0 Å². The maximum atomic E-state index is 9.46. The van der Waals surface area contributed by atoms with E-state index >= 15 is 0 Å². The number of rotatable bonds is 3. The van der Waals surface area contributed by atoms with E-state index in [2.05, 4.69) is 23.6 Å². The Morgan fingerprint density at radius 3 is 3.07 bits per heavy atom. The van der Waals surface area contributed by atoms with Gasteiger partial charge in [0.1, 0.15) is 0 Å². The van der Waals surface area contributed by atoms with Gasteiger partial charge in [-0.2, -0.15) is 0 Å². The predicted molar refractivity (Wildman–Crippen MR) is 60.6 cm³/mol. The zero-order chi connectivity index (χ0) is 9.80. The van der Waals surface area contributed by atoms with Gasteiger partial charge in [0, 0.05) is 4.88 Å². The van der Waals surface area contributed by atoms with Crippen molar-refractivity contribution in [1.29, 1.82) is 0 Å². The van der Waals surface area contributed by atoms with Crippen molar-refractivity contribution in [3.8, 4) is 0 Å². The summed E-state index contributed by atoms with van der Waals surface area (Å²) in [4.78, 5) is 1.45. The molecule has 0 aromatic carbocycles. The third-order valence-electron chi connectivity index (χ3n) is 2.70. The largest absolute Gasteiger partial charge is 0.389 e. The smallest absolute Gasteiger partial charge is 0.0723 e. The molecule has 0 radical (unpaired) electrons. The normalized spacial score (nSPS) is 22.1. The van der Waals surface area contributed by atoms with Gasteiger partial charge in [0.2, 0.25) is 0 Å². The summed E-state index contributed by atoms with van der Waals surface area (Å²) in [5, 5.41) is 11.6. The van der Waals surface area contributed by atoms with Gasteiger partial charge in [-0.25, -0.2) is 0 Å². The highest BCUT2D eigenvalue weighted by molar-refractivity contribution is 7.09. The Labute approximate surface area is 89.1 Å². The molecule has 1 aliphatic carbocycles. The zero-order valence-electron chi connectivity index (χ0n) is 8.28. The number of hydrogen-bond acceptors (Lipinski definition) is 2. The third-order valence-corrected chi connectivity index (χ3v) is 3.63. The second-order valence-electron chi connectivity index (χ2n) is 3.86. The van der Waals surface area contributed by atoms with E-state index in [-0.39, 0.29) is 6.10 Å². The van der Waals surface area contributed by atoms with Crippen LogP contribution < -0.4 is 0 Å². The topological polar surface area (TPSA) is 20.2 Å². The quantitative estimate of drug-likeness (QED) is 0.757. The van der Waals surface area contributed by atoms with Crippen LogP contribution in [0.5, 0.6) is 0 Å². The molecule has 14 heavy (non-hydrogen) atoms. The molecule has 1 atom stereocenters. The summed E-state index contributed by atoms with van der Waals surface area (Å²) in [7, 11) is 0. The van der Waals surface area contributed by atoms with Crippen molar-refractivity contribution in [2.75, 3.05) is 0 Å². The number of allylic oxidation sites excluding steroid dienone is 1. The summed E-state index contributed by atoms with van der Waals surface area (Å²) in [6.07, 6.45) is 7.41. The molecule has 1 aliphatic rings. The van der Waals surface area contributed by atoms with Gasteiger partial charge < -0.3 is 5.11 Å². The molecule has 0 saturated carbocycles. The molecule has 76 valence electrons. The van der Waals surface area contributed by atoms with Gasteiger partial charge in [0.25, 0.3) is 0 Å². The maximum Gasteiger partial charge on any atom is 0.0723 e. The molecule has 2 rings (SSSR count). The molecule has 0 saturated heterocycles. The van der Waals surface area contributed by atoms with Crippen LogP contribution in [0.2, 0.25) is 0 Å². The fourth-order valence-electron chi connectivity index (χ4n) is 1.92. The van der Waals surface area contributed by atoms with Gasteiger partial charge in [-0.15, -0.1) is 11.3 Å². The van der Waals surface area contributed by atoms with Gasteiger partial charge >= 0.3 is 0 Å². The van der Waals surface area contributed by atoms with Crippen molar-refractivity contribution in [3.63, 3.8) is 0 Å². The maximum absolute atomic E-state index is 9.46. The molecular weight excluding hydrogens is 192 g/mol. The first-order chi connectivity index (χ1) is 6.84. The van der Waals surface area contributed by atoms with Gasteiger partial charge in [-0.05, 0) is 43.6 Å². The number of aryl methyl sites for hydroxylation is 1. The number of aliphatic hydroxyl groups is 1. The molecule has 0 bridgehead atoms. The summed E-state index contributed by atoms with van der Waals surface area (Å²) >= 11 is 1.82. The SMILES string of the molecule is OC1C=C(CCc2cccs2)CCC1. The number of hydrogen-bond donors (Lipinski definition) is 1. The molecule has 0 fully saturated rings. The summed E-state index contributed by atoms with van der Waals surface area (Å²) in [5.74, 6) is 0. The average Bonchev–Trinajstić information content (AvgIpc) is 2.67. The van der Waals surface area contributed by atoms with E-state index in [1.54, 1.807) is 0 Å². The Morgan fingerprint density at radius 1 is 1.43 bits per heavy atom. The Kier molecular flexibility index (Phi) is 3.38. The highest BCUT2D eigenvalue weighted by Gasteiger charge is 2.10. The summed E-state index contributed by atoms with van der Waals surface area (Å²) in [6.45, 7) is 0. The minimum Gasteiger partial charge on any atom is -0.389 e. The Hall–Kier alpha value is -0.600. The van der Waals surface area contributed by atoms with E-state index in [9.17, 15) is 5.11 Å². The number of aliphatic hydroxyl groups excluding tert-OH is 1. The molecule has 1 N–H and O–H groups in total. The van der Waals surface area contributed by atoms with Crippen molar-refractivity contribution < 1.29 is 5.11 Å². The molecule has 0 spiro atoms. The molecule has 1 heterocycles. The number of thiophene rings is 1. The fraction of sp³-hybridized carbons (Fsp3) is 0.500. The molecule has 1 nitrogen and oxygen atoms in total. The predicted octanol–water partition coefficient (Wildman–Crippen LogP) is 3.15. The first-order valence-electron chi connectivity index (χ1n) is 5.24. The molecule has 1 aromatic heterocycles. The highest BCUT2D eigenvalue weighted by Crippen LogP contribution is 2.23. The van der Waals surface area contributed by atoms with Gasteiger partial charge in [0.15, 0.2) is 0 Å². The Morgan fingerprint density at radius 2 is 2.36 bits per heavy atom. The second kappa shape index (κ2) is 4.76. The first kappa shape index (κ1) is 9.94. The van der Waals surface area contributed by atoms with Crippen LogP contribution in [0.1, 0.15) is 30.6 Å². The monoisotopic (exact) mass is 208 g/mol. The molecule has 2 heteroatoms. The van der Waals surface area contributed by atoms with E-state index in [1.165, 1.54) is 16.9 Å². The fourth-order valence-corrected chi connectivity index (χ4v) is 2.63. The highest BCUT2D eigenvalue weighted by atomic mass is 32.1. The first-order valence-corrected chi connectivity index (χ1v) is 6.12. The molecular formula is C12H16OS. The second-order valence-corrected chi connectivity index (χ2v) is 4.90. The van der Waals surface area contributed by atoms with Crippen molar-refractivity contribution in [2.24, 2.45) is 0 Å². The minimum atomic E-state index is -0.179. The summed E-state index contributed by atoms with van der Waals surface area (Å²) < 4.78 is 0. The molecule has 1 aromatic rings. The average molecular weight is 208 g/mol. The van der Waals surface area contributed by atoms with Crippen LogP contribution in [0, 0.1) is 0 Å². The molecule has 0 amide bonds. The lowest BCUT2D eigenvalue weighted by molar-refractivity contribution is 0.201. The van der Waals surface area contributed by atoms with Crippen LogP contribution in [0.4, 0.5) is 0 Å². The van der Waals surface area contributed by atoms with Crippen LogP contribution in [-0.4, -0.2) is 11.2 Å². The van der Waals surface area contributed by atoms with Crippen LogP contribution in [0.15, 0.2) is 29.2 Å². The van der Waals surface area contributed by atoms with Crippen LogP contribution in [0.3, 0.4) is 0 Å². The van der Waals surface area contributed by atoms with Gasteiger partial charge in [0.05, 0.1) is 6.10 Å². The van der Waals surface area contributed by atoms with Gasteiger partial charge in [-0.1, -0.05) is 17.7 Å². The molecule has 0 aliphatic heterocycles. The van der Waals surface area contributed by atoms with Crippen molar-refractivity contribution in [1.82, 2.24) is 0 Å². The van der Waals surface area contributed by atoms with Crippen LogP contribution >= 0.6 is 11.3 Å². The van der Waals surface area contributed by atoms with Crippen molar-refractivity contribution in [3.05, 3.63) is 34.0 Å². The third kappa shape index (κ3) is 2.69.